The van der Waals surface area contributed by atoms with Crippen LogP contribution in [0.2, 0.25) is 37.8 Å². The van der Waals surface area contributed by atoms with E-state index in [-0.39, 0.29) is 16.1 Å². The Balaban J connectivity index is 1.48. The molecule has 230 valence electrons. The van der Waals surface area contributed by atoms with Crippen molar-refractivity contribution in [2.45, 2.75) is 163 Å². The summed E-state index contributed by atoms with van der Waals surface area (Å²) in [5, 5.41) is 0.232. The zero-order valence-electron chi connectivity index (χ0n) is 28.9. The van der Waals surface area contributed by atoms with E-state index in [1.807, 2.05) is 0 Å². The van der Waals surface area contributed by atoms with E-state index >= 15 is 0 Å². The lowest BCUT2D eigenvalue weighted by atomic mass is 9.47. The van der Waals surface area contributed by atoms with Crippen molar-refractivity contribution in [3.8, 4) is 0 Å². The normalized spacial score (nSPS) is 35.7. The van der Waals surface area contributed by atoms with Crippen LogP contribution < -0.4 is 0 Å². The first-order valence-corrected chi connectivity index (χ1v) is 23.3. The Morgan fingerprint density at radius 1 is 0.950 bits per heavy atom. The summed E-state index contributed by atoms with van der Waals surface area (Å²) in [6.45, 7) is 31.5. The average molecular weight is 587 g/mol. The SMILES string of the molecule is C[C@H](CCCC(C)(C)O[Si](C)(C)C)[C@H]1CC[C@H]2[C@@H]3CC=C4CCC=C(O[Si](C)(C)C(C)(C)C)[C@]4(C)[C@H]3CC[C@]12C. The molecule has 0 N–H and O–H groups in total. The van der Waals surface area contributed by atoms with Crippen LogP contribution in [0, 0.1) is 40.4 Å². The van der Waals surface area contributed by atoms with Gasteiger partial charge in [0.2, 0.25) is 8.32 Å². The van der Waals surface area contributed by atoms with Crippen molar-refractivity contribution in [2.24, 2.45) is 40.4 Å². The van der Waals surface area contributed by atoms with Gasteiger partial charge in [-0.05, 0) is 151 Å². The highest BCUT2D eigenvalue weighted by Gasteiger charge is 2.60. The summed E-state index contributed by atoms with van der Waals surface area (Å²) in [7, 11) is -3.39. The van der Waals surface area contributed by atoms with Gasteiger partial charge in [-0.3, -0.25) is 0 Å². The van der Waals surface area contributed by atoms with Gasteiger partial charge in [-0.1, -0.05) is 59.1 Å². The van der Waals surface area contributed by atoms with Gasteiger partial charge in [-0.2, -0.15) is 0 Å². The van der Waals surface area contributed by atoms with E-state index in [1.54, 1.807) is 5.57 Å². The number of hydrogen-bond donors (Lipinski definition) is 0. The summed E-state index contributed by atoms with van der Waals surface area (Å²) in [6, 6.07) is 0. The second kappa shape index (κ2) is 11.0. The molecule has 4 aliphatic rings. The van der Waals surface area contributed by atoms with E-state index in [4.69, 9.17) is 8.85 Å². The molecule has 2 nitrogen and oxygen atoms in total. The Hall–Kier alpha value is -0.326. The van der Waals surface area contributed by atoms with Crippen molar-refractivity contribution >= 4 is 16.6 Å². The van der Waals surface area contributed by atoms with Gasteiger partial charge in [0.1, 0.15) is 0 Å². The third-order valence-corrected chi connectivity index (χ3v) is 18.2. The molecular formula is C36H66O2Si2. The minimum absolute atomic E-state index is 0.0175. The standard InChI is InChI=1S/C36H66O2Si2/c1-26(16-15-24-34(5,6)38-39(9,10)11)29-21-22-30-28-20-19-27-17-14-18-32(37-40(12,13)33(2,3)4)36(27,8)31(28)23-25-35(29,30)7/h18-19,26,28-31H,14-17,20-25H2,1-13H3/t26-,28+,29-,30+,31+,35-,36+/m1/s1. The molecule has 0 spiro atoms. The van der Waals surface area contributed by atoms with Crippen LogP contribution in [0.4, 0.5) is 0 Å². The Kier molecular flexibility index (Phi) is 8.95. The highest BCUT2D eigenvalue weighted by atomic mass is 28.4. The molecule has 4 heteroatoms. The van der Waals surface area contributed by atoms with Crippen molar-refractivity contribution in [2.75, 3.05) is 0 Å². The molecule has 0 radical (unpaired) electrons. The molecule has 0 bridgehead atoms. The van der Waals surface area contributed by atoms with Gasteiger partial charge in [0.15, 0.2) is 8.32 Å². The molecule has 2 fully saturated rings. The third-order valence-electron chi connectivity index (χ3n) is 12.7. The summed E-state index contributed by atoms with van der Waals surface area (Å²) in [5.74, 6) is 5.49. The molecule has 0 amide bonds. The van der Waals surface area contributed by atoms with Gasteiger partial charge in [-0.15, -0.1) is 0 Å². The van der Waals surface area contributed by atoms with Gasteiger partial charge in [0, 0.05) is 5.41 Å². The molecule has 4 aliphatic carbocycles. The van der Waals surface area contributed by atoms with Crippen molar-refractivity contribution in [1.29, 1.82) is 0 Å². The van der Waals surface area contributed by atoms with Gasteiger partial charge in [-0.25, -0.2) is 0 Å². The maximum Gasteiger partial charge on any atom is 0.250 e. The summed E-state index contributed by atoms with van der Waals surface area (Å²) in [4.78, 5) is 0. The number of rotatable bonds is 9. The molecular weight excluding hydrogens is 521 g/mol. The highest BCUT2D eigenvalue weighted by molar-refractivity contribution is 6.74. The smallest absolute Gasteiger partial charge is 0.250 e. The maximum absolute atomic E-state index is 7.21. The predicted molar refractivity (Wildman–Crippen MR) is 178 cm³/mol. The van der Waals surface area contributed by atoms with Crippen LogP contribution >= 0.6 is 0 Å². The first-order chi connectivity index (χ1) is 18.2. The van der Waals surface area contributed by atoms with Crippen molar-refractivity contribution in [3.63, 3.8) is 0 Å². The minimum atomic E-state index is -1.88. The lowest BCUT2D eigenvalue weighted by Crippen LogP contribution is -2.52. The van der Waals surface area contributed by atoms with Crippen LogP contribution in [0.15, 0.2) is 23.5 Å². The van der Waals surface area contributed by atoms with E-state index in [2.05, 4.69) is 100 Å². The Bertz CT molecular complexity index is 980. The minimum Gasteiger partial charge on any atom is -0.546 e. The first kappa shape index (κ1) is 32.6. The summed E-state index contributed by atoms with van der Waals surface area (Å²) in [6.07, 6.45) is 18.4. The number of allylic oxidation sites excluding steroid dienone is 3. The zero-order chi connectivity index (χ0) is 29.9. The Morgan fingerprint density at radius 3 is 2.25 bits per heavy atom. The van der Waals surface area contributed by atoms with E-state index in [1.165, 1.54) is 63.5 Å². The molecule has 7 atom stereocenters. The van der Waals surface area contributed by atoms with E-state index in [0.29, 0.717) is 5.41 Å². The van der Waals surface area contributed by atoms with Crippen LogP contribution in [0.3, 0.4) is 0 Å². The van der Waals surface area contributed by atoms with Crippen molar-refractivity contribution in [3.05, 3.63) is 23.5 Å². The lowest BCUT2D eigenvalue weighted by Gasteiger charge is -2.58. The molecule has 0 aliphatic heterocycles. The largest absolute Gasteiger partial charge is 0.546 e. The van der Waals surface area contributed by atoms with Crippen LogP contribution in [0.1, 0.15) is 120 Å². The van der Waals surface area contributed by atoms with Crippen LogP contribution in [-0.2, 0) is 8.85 Å². The predicted octanol–water partition coefficient (Wildman–Crippen LogP) is 11.5. The monoisotopic (exact) mass is 586 g/mol. The van der Waals surface area contributed by atoms with Crippen molar-refractivity contribution < 1.29 is 8.85 Å². The summed E-state index contributed by atoms with van der Waals surface area (Å²) >= 11 is 0. The maximum atomic E-state index is 7.21. The Morgan fingerprint density at radius 2 is 1.62 bits per heavy atom. The summed E-state index contributed by atoms with van der Waals surface area (Å²) in [5.41, 5.74) is 2.35. The van der Waals surface area contributed by atoms with Gasteiger partial charge in [0.25, 0.3) is 0 Å². The van der Waals surface area contributed by atoms with E-state index in [9.17, 15) is 0 Å². The average Bonchev–Trinajstić information content (AvgIpc) is 3.14. The second-order valence-electron chi connectivity index (χ2n) is 18.1. The molecule has 0 heterocycles. The molecule has 0 unspecified atom stereocenters. The van der Waals surface area contributed by atoms with Crippen LogP contribution in [0.5, 0.6) is 0 Å². The molecule has 0 aromatic carbocycles. The molecule has 4 rings (SSSR count). The highest BCUT2D eigenvalue weighted by Crippen LogP contribution is 2.68. The molecule has 0 aromatic heterocycles. The number of fused-ring (bicyclic) bond motifs is 5. The van der Waals surface area contributed by atoms with E-state index in [0.717, 1.165) is 36.0 Å². The van der Waals surface area contributed by atoms with Crippen molar-refractivity contribution in [1.82, 2.24) is 0 Å². The molecule has 40 heavy (non-hydrogen) atoms. The van der Waals surface area contributed by atoms with Gasteiger partial charge < -0.3 is 8.85 Å². The molecule has 0 aromatic rings. The fourth-order valence-electron chi connectivity index (χ4n) is 9.82. The van der Waals surface area contributed by atoms with Crippen LogP contribution in [0.25, 0.3) is 0 Å². The van der Waals surface area contributed by atoms with E-state index < -0.39 is 16.6 Å². The molecule has 0 saturated heterocycles. The Labute approximate surface area is 251 Å². The second-order valence-corrected chi connectivity index (χ2v) is 27.2. The van der Waals surface area contributed by atoms with Gasteiger partial charge >= 0.3 is 0 Å². The quantitative estimate of drug-likeness (QED) is 0.198. The third kappa shape index (κ3) is 6.16. The molecule has 2 saturated carbocycles. The number of hydrogen-bond acceptors (Lipinski definition) is 2. The lowest BCUT2D eigenvalue weighted by molar-refractivity contribution is -0.0447. The fourth-order valence-corrected chi connectivity index (χ4v) is 12.7. The first-order valence-electron chi connectivity index (χ1n) is 17.0. The fraction of sp³-hybridized carbons (Fsp3) is 0.889. The van der Waals surface area contributed by atoms with Crippen LogP contribution in [-0.4, -0.2) is 22.2 Å². The zero-order valence-corrected chi connectivity index (χ0v) is 30.9. The van der Waals surface area contributed by atoms with Gasteiger partial charge in [0.05, 0.1) is 11.4 Å². The topological polar surface area (TPSA) is 18.5 Å². The summed E-state index contributed by atoms with van der Waals surface area (Å²) < 4.78 is 13.7.